The summed E-state index contributed by atoms with van der Waals surface area (Å²) in [6.07, 6.45) is -3.72. The van der Waals surface area contributed by atoms with Gasteiger partial charge in [-0.3, -0.25) is 0 Å². The van der Waals surface area contributed by atoms with Gasteiger partial charge in [0.25, 0.3) is 0 Å². The number of rotatable bonds is 5. The van der Waals surface area contributed by atoms with Crippen LogP contribution in [0.2, 0.25) is 0 Å². The Kier molecular flexibility index (Phi) is 4.29. The highest BCUT2D eigenvalue weighted by atomic mass is 16.4. The Balaban J connectivity index is 4.53. The van der Waals surface area contributed by atoms with Crippen LogP contribution in [-0.2, 0) is 4.79 Å². The lowest BCUT2D eigenvalue weighted by Gasteiger charge is -2.31. The molecule has 0 aromatic heterocycles. The van der Waals surface area contributed by atoms with E-state index in [2.05, 4.69) is 0 Å². The predicted molar refractivity (Wildman–Crippen MR) is 37.2 cm³/mol. The normalized spacial score (nSPS) is 21.1. The summed E-state index contributed by atoms with van der Waals surface area (Å²) in [7, 11) is 0. The molecule has 0 aromatic carbocycles. The number of aliphatic hydroxyl groups is 5. The molecule has 6 heteroatoms. The van der Waals surface area contributed by atoms with Crippen LogP contribution in [0.3, 0.4) is 0 Å². The fraction of sp³-hybridized carbons (Fsp3) is 0.833. The summed E-state index contributed by atoms with van der Waals surface area (Å²) in [4.78, 5) is 10.0. The standard InChI is InChI=1S/C6H12O6/c7-1-4(10)6(12,3-9)5(11)2-8/h1,4-5,8-12H,2-3H2/t4-,5-,6-/m0/s1. The predicted octanol–water partition coefficient (Wildman–Crippen LogP) is -3.38. The number of hydrogen-bond acceptors (Lipinski definition) is 6. The Morgan fingerprint density at radius 2 is 1.83 bits per heavy atom. The van der Waals surface area contributed by atoms with Gasteiger partial charge in [-0.05, 0) is 0 Å². The van der Waals surface area contributed by atoms with Gasteiger partial charge in [-0.1, -0.05) is 0 Å². The van der Waals surface area contributed by atoms with E-state index in [0.717, 1.165) is 0 Å². The van der Waals surface area contributed by atoms with Crippen molar-refractivity contribution in [1.29, 1.82) is 0 Å². The smallest absolute Gasteiger partial charge is 0.151 e. The Hall–Kier alpha value is -0.530. The third-order valence-corrected chi connectivity index (χ3v) is 1.64. The second-order valence-corrected chi connectivity index (χ2v) is 2.43. The molecule has 0 rings (SSSR count). The molecule has 12 heavy (non-hydrogen) atoms. The first-order valence-electron chi connectivity index (χ1n) is 3.28. The molecule has 3 atom stereocenters. The third-order valence-electron chi connectivity index (χ3n) is 1.64. The zero-order valence-corrected chi connectivity index (χ0v) is 6.29. The Bertz CT molecular complexity index is 149. The van der Waals surface area contributed by atoms with E-state index in [1.54, 1.807) is 0 Å². The van der Waals surface area contributed by atoms with E-state index in [0.29, 0.717) is 0 Å². The van der Waals surface area contributed by atoms with Crippen molar-refractivity contribution < 1.29 is 30.3 Å². The zero-order chi connectivity index (χ0) is 9.78. The lowest BCUT2D eigenvalue weighted by atomic mass is 9.92. The average molecular weight is 180 g/mol. The maximum atomic E-state index is 10.0. The van der Waals surface area contributed by atoms with Gasteiger partial charge in [-0.2, -0.15) is 0 Å². The van der Waals surface area contributed by atoms with Gasteiger partial charge >= 0.3 is 0 Å². The molecule has 0 aliphatic heterocycles. The number of carbonyl (C=O) groups excluding carboxylic acids is 1. The average Bonchev–Trinajstić information content (AvgIpc) is 2.13. The SMILES string of the molecule is O=C[C@H](O)[C@@](O)(CO)[C@@H](O)CO. The first-order chi connectivity index (χ1) is 5.52. The van der Waals surface area contributed by atoms with Gasteiger partial charge in [0.05, 0.1) is 13.2 Å². The zero-order valence-electron chi connectivity index (χ0n) is 6.29. The fourth-order valence-corrected chi connectivity index (χ4v) is 0.672. The van der Waals surface area contributed by atoms with Gasteiger partial charge in [-0.15, -0.1) is 0 Å². The molecular weight excluding hydrogens is 168 g/mol. The highest BCUT2D eigenvalue weighted by Gasteiger charge is 2.41. The second kappa shape index (κ2) is 4.48. The van der Waals surface area contributed by atoms with Gasteiger partial charge in [0.15, 0.2) is 6.29 Å². The number of aliphatic hydroxyl groups excluding tert-OH is 4. The van der Waals surface area contributed by atoms with Crippen molar-refractivity contribution in [3.8, 4) is 0 Å². The van der Waals surface area contributed by atoms with E-state index in [1.165, 1.54) is 0 Å². The monoisotopic (exact) mass is 180 g/mol. The molecular formula is C6H12O6. The lowest BCUT2D eigenvalue weighted by Crippen LogP contribution is -2.57. The van der Waals surface area contributed by atoms with Crippen molar-refractivity contribution in [3.63, 3.8) is 0 Å². The maximum absolute atomic E-state index is 10.0. The van der Waals surface area contributed by atoms with E-state index in [9.17, 15) is 9.90 Å². The minimum absolute atomic E-state index is 0.0326. The van der Waals surface area contributed by atoms with Crippen molar-refractivity contribution in [1.82, 2.24) is 0 Å². The Morgan fingerprint density at radius 3 is 2.08 bits per heavy atom. The molecule has 72 valence electrons. The number of aldehydes is 1. The topological polar surface area (TPSA) is 118 Å². The van der Waals surface area contributed by atoms with Gasteiger partial charge < -0.3 is 30.3 Å². The van der Waals surface area contributed by atoms with Crippen LogP contribution in [-0.4, -0.2) is 62.8 Å². The largest absolute Gasteiger partial charge is 0.394 e. The second-order valence-electron chi connectivity index (χ2n) is 2.43. The number of hydrogen-bond donors (Lipinski definition) is 5. The van der Waals surface area contributed by atoms with E-state index >= 15 is 0 Å². The molecule has 0 saturated carbocycles. The molecule has 0 bridgehead atoms. The molecule has 0 aliphatic rings. The molecule has 0 saturated heterocycles. The van der Waals surface area contributed by atoms with Crippen LogP contribution in [0.1, 0.15) is 0 Å². The van der Waals surface area contributed by atoms with Crippen LogP contribution in [0.4, 0.5) is 0 Å². The van der Waals surface area contributed by atoms with Crippen LogP contribution in [0.15, 0.2) is 0 Å². The van der Waals surface area contributed by atoms with Crippen molar-refractivity contribution in [2.75, 3.05) is 13.2 Å². The summed E-state index contributed by atoms with van der Waals surface area (Å²) in [6.45, 7) is -1.88. The van der Waals surface area contributed by atoms with E-state index in [-0.39, 0.29) is 6.29 Å². The van der Waals surface area contributed by atoms with Gasteiger partial charge in [0.2, 0.25) is 0 Å². The van der Waals surface area contributed by atoms with E-state index in [1.807, 2.05) is 0 Å². The Labute approximate surface area is 68.7 Å². The van der Waals surface area contributed by atoms with Crippen molar-refractivity contribution in [2.45, 2.75) is 17.8 Å². The molecule has 0 aliphatic carbocycles. The molecule has 0 spiro atoms. The first kappa shape index (κ1) is 11.5. The fourth-order valence-electron chi connectivity index (χ4n) is 0.672. The third kappa shape index (κ3) is 1.99. The lowest BCUT2D eigenvalue weighted by molar-refractivity contribution is -0.176. The number of carbonyl (C=O) groups is 1. The minimum atomic E-state index is -2.39. The van der Waals surface area contributed by atoms with Crippen LogP contribution in [0.25, 0.3) is 0 Å². The van der Waals surface area contributed by atoms with Crippen LogP contribution in [0.5, 0.6) is 0 Å². The minimum Gasteiger partial charge on any atom is -0.394 e. The summed E-state index contributed by atoms with van der Waals surface area (Å²) in [5.41, 5.74) is -2.39. The van der Waals surface area contributed by atoms with Gasteiger partial charge in [0, 0.05) is 0 Å². The molecule has 5 N–H and O–H groups in total. The summed E-state index contributed by atoms with van der Waals surface area (Å²) < 4.78 is 0. The van der Waals surface area contributed by atoms with Crippen molar-refractivity contribution in [3.05, 3.63) is 0 Å². The van der Waals surface area contributed by atoms with Crippen molar-refractivity contribution >= 4 is 6.29 Å². The molecule has 0 radical (unpaired) electrons. The van der Waals surface area contributed by atoms with Crippen LogP contribution in [0, 0.1) is 0 Å². The van der Waals surface area contributed by atoms with Crippen LogP contribution < -0.4 is 0 Å². The molecule has 0 amide bonds. The first-order valence-corrected chi connectivity index (χ1v) is 3.28. The molecule has 0 aromatic rings. The molecule has 0 unspecified atom stereocenters. The molecule has 0 fully saturated rings. The highest BCUT2D eigenvalue weighted by molar-refractivity contribution is 5.58. The molecule has 6 nitrogen and oxygen atoms in total. The van der Waals surface area contributed by atoms with Crippen molar-refractivity contribution in [2.24, 2.45) is 0 Å². The van der Waals surface area contributed by atoms with Gasteiger partial charge in [0.1, 0.15) is 17.8 Å². The summed E-state index contributed by atoms with van der Waals surface area (Å²) in [5.74, 6) is 0. The quantitative estimate of drug-likeness (QED) is 0.282. The van der Waals surface area contributed by atoms with E-state index in [4.69, 9.17) is 20.4 Å². The highest BCUT2D eigenvalue weighted by Crippen LogP contribution is 2.13. The summed E-state index contributed by atoms with van der Waals surface area (Å²) in [5, 5.41) is 43.9. The summed E-state index contributed by atoms with van der Waals surface area (Å²) in [6, 6.07) is 0. The maximum Gasteiger partial charge on any atom is 0.151 e. The van der Waals surface area contributed by atoms with E-state index < -0.39 is 31.0 Å². The van der Waals surface area contributed by atoms with Gasteiger partial charge in [-0.25, -0.2) is 0 Å². The molecule has 0 heterocycles. The summed E-state index contributed by atoms with van der Waals surface area (Å²) >= 11 is 0. The Morgan fingerprint density at radius 1 is 1.33 bits per heavy atom. The van der Waals surface area contributed by atoms with Crippen LogP contribution >= 0.6 is 0 Å².